The lowest BCUT2D eigenvalue weighted by atomic mass is 9.97. The normalized spacial score (nSPS) is 16.3. The van der Waals surface area contributed by atoms with E-state index in [0.717, 1.165) is 11.1 Å². The van der Waals surface area contributed by atoms with E-state index >= 15 is 0 Å². The van der Waals surface area contributed by atoms with E-state index in [4.69, 9.17) is 4.74 Å². The minimum absolute atomic E-state index is 0.152. The molecule has 3 N–H and O–H groups in total. The maximum Gasteiger partial charge on any atom is 0.226 e. The molecule has 0 fully saturated rings. The van der Waals surface area contributed by atoms with E-state index < -0.39 is 12.1 Å². The van der Waals surface area contributed by atoms with Crippen molar-refractivity contribution in [3.05, 3.63) is 59.9 Å². The first kappa shape index (κ1) is 17.2. The second-order valence-corrected chi connectivity index (χ2v) is 5.74. The zero-order chi connectivity index (χ0) is 16.8. The minimum atomic E-state index is -0.749. The topological polar surface area (TPSA) is 74.4 Å². The van der Waals surface area contributed by atoms with Crippen LogP contribution in [-0.2, 0) is 9.53 Å². The molecule has 0 aliphatic rings. The van der Waals surface area contributed by atoms with Gasteiger partial charge in [-0.25, -0.2) is 0 Å². The number of methoxy groups -OCH3 is 1. The number of ether oxygens (including phenoxy) is 1. The molecule has 0 saturated carbocycles. The van der Waals surface area contributed by atoms with Crippen LogP contribution in [0, 0.1) is 5.92 Å². The molecule has 2 aromatic rings. The summed E-state index contributed by atoms with van der Waals surface area (Å²) in [4.78, 5) is 15.4. The summed E-state index contributed by atoms with van der Waals surface area (Å²) in [6, 6.07) is 10.8. The van der Waals surface area contributed by atoms with E-state index in [0.29, 0.717) is 0 Å². The highest BCUT2D eigenvalue weighted by Crippen LogP contribution is 2.26. The first-order valence-electron chi connectivity index (χ1n) is 7.73. The average molecular weight is 316 g/mol. The van der Waals surface area contributed by atoms with Crippen LogP contribution >= 0.6 is 0 Å². The van der Waals surface area contributed by atoms with E-state index in [-0.39, 0.29) is 17.9 Å². The molecule has 2 unspecified atom stereocenters. The van der Waals surface area contributed by atoms with Gasteiger partial charge in [0.05, 0.1) is 24.2 Å². The van der Waals surface area contributed by atoms with Crippen LogP contribution in [0.3, 0.4) is 0 Å². The lowest BCUT2D eigenvalue weighted by Crippen LogP contribution is -2.41. The molecule has 0 aliphatic carbocycles. The summed E-state index contributed by atoms with van der Waals surface area (Å²) < 4.78 is 5.46. The van der Waals surface area contributed by atoms with Crippen molar-refractivity contribution in [1.82, 2.24) is 10.3 Å². The van der Waals surface area contributed by atoms with E-state index in [1.807, 2.05) is 49.5 Å². The summed E-state index contributed by atoms with van der Waals surface area (Å²) in [7, 11) is 1.59. The standard InChI is InChI=1S/C18H24N2O3/c1-12(17(23-3)15-9-10-19-11-15)18(22)20-13(2)16(21)14-7-5-4-6-8-14/h4-13,16-17,19,21H,1-3H3,(H,20,22)/t12?,13-,16-,17?/m1/s1. The monoisotopic (exact) mass is 316 g/mol. The Hall–Kier alpha value is -2.11. The summed E-state index contributed by atoms with van der Waals surface area (Å²) in [5, 5.41) is 13.2. The fraction of sp³-hybridized carbons (Fsp3) is 0.389. The van der Waals surface area contributed by atoms with Crippen LogP contribution in [0.1, 0.15) is 37.2 Å². The van der Waals surface area contributed by atoms with Gasteiger partial charge in [-0.1, -0.05) is 37.3 Å². The van der Waals surface area contributed by atoms with Gasteiger partial charge in [0.15, 0.2) is 0 Å². The summed E-state index contributed by atoms with van der Waals surface area (Å²) in [6.07, 6.45) is 2.54. The van der Waals surface area contributed by atoms with Crippen molar-refractivity contribution < 1.29 is 14.6 Å². The van der Waals surface area contributed by atoms with Gasteiger partial charge >= 0.3 is 0 Å². The van der Waals surface area contributed by atoms with Crippen LogP contribution in [0.25, 0.3) is 0 Å². The number of carbonyl (C=O) groups excluding carboxylic acids is 1. The van der Waals surface area contributed by atoms with Crippen LogP contribution < -0.4 is 5.32 Å². The van der Waals surface area contributed by atoms with E-state index in [2.05, 4.69) is 10.3 Å². The van der Waals surface area contributed by atoms with Gasteiger partial charge in [-0.15, -0.1) is 0 Å². The molecule has 0 radical (unpaired) electrons. The van der Waals surface area contributed by atoms with Crippen LogP contribution in [0.2, 0.25) is 0 Å². The van der Waals surface area contributed by atoms with Crippen molar-refractivity contribution >= 4 is 5.91 Å². The first-order chi connectivity index (χ1) is 11.0. The summed E-state index contributed by atoms with van der Waals surface area (Å²) >= 11 is 0. The van der Waals surface area contributed by atoms with Gasteiger partial charge in [-0.05, 0) is 24.1 Å². The smallest absolute Gasteiger partial charge is 0.226 e. The Morgan fingerprint density at radius 2 is 1.87 bits per heavy atom. The lowest BCUT2D eigenvalue weighted by Gasteiger charge is -2.25. The van der Waals surface area contributed by atoms with Crippen LogP contribution in [0.5, 0.6) is 0 Å². The number of aliphatic hydroxyl groups excluding tert-OH is 1. The molecular weight excluding hydrogens is 292 g/mol. The van der Waals surface area contributed by atoms with Gasteiger partial charge in [0.1, 0.15) is 0 Å². The Balaban J connectivity index is 2.00. The average Bonchev–Trinajstić information content (AvgIpc) is 3.09. The maximum absolute atomic E-state index is 12.5. The summed E-state index contributed by atoms with van der Waals surface area (Å²) in [6.45, 7) is 3.61. The number of aromatic amines is 1. The molecule has 1 amide bonds. The summed E-state index contributed by atoms with van der Waals surface area (Å²) in [5.74, 6) is -0.526. The molecule has 1 heterocycles. The molecule has 5 heteroatoms. The first-order valence-corrected chi connectivity index (χ1v) is 7.73. The molecule has 0 aliphatic heterocycles. The predicted octanol–water partition coefficient (Wildman–Crippen LogP) is 2.58. The number of benzene rings is 1. The largest absolute Gasteiger partial charge is 0.386 e. The lowest BCUT2D eigenvalue weighted by molar-refractivity contribution is -0.130. The number of hydrogen-bond donors (Lipinski definition) is 3. The summed E-state index contributed by atoms with van der Waals surface area (Å²) in [5.41, 5.74) is 1.70. The van der Waals surface area contributed by atoms with Gasteiger partial charge in [-0.3, -0.25) is 4.79 Å². The number of amides is 1. The second-order valence-electron chi connectivity index (χ2n) is 5.74. The SMILES string of the molecule is COC(c1cc[nH]c1)C(C)C(=O)N[C@H](C)[C@@H](O)c1ccccc1. The Morgan fingerprint density at radius 1 is 1.17 bits per heavy atom. The number of hydrogen-bond acceptors (Lipinski definition) is 3. The quantitative estimate of drug-likeness (QED) is 0.735. The van der Waals surface area contributed by atoms with Crippen molar-refractivity contribution in [1.29, 1.82) is 0 Å². The third-order valence-corrected chi connectivity index (χ3v) is 4.06. The number of rotatable bonds is 7. The molecule has 1 aromatic heterocycles. The minimum Gasteiger partial charge on any atom is -0.386 e. The highest BCUT2D eigenvalue weighted by atomic mass is 16.5. The maximum atomic E-state index is 12.5. The fourth-order valence-corrected chi connectivity index (χ4v) is 2.65. The molecule has 2 rings (SSSR count). The molecule has 23 heavy (non-hydrogen) atoms. The highest BCUT2D eigenvalue weighted by Gasteiger charge is 2.28. The molecule has 0 saturated heterocycles. The molecule has 0 spiro atoms. The highest BCUT2D eigenvalue weighted by molar-refractivity contribution is 5.79. The third kappa shape index (κ3) is 4.21. The van der Waals surface area contributed by atoms with Crippen molar-refractivity contribution in [3.63, 3.8) is 0 Å². The van der Waals surface area contributed by atoms with Crippen molar-refractivity contribution in [2.24, 2.45) is 5.92 Å². The van der Waals surface area contributed by atoms with Crippen LogP contribution in [-0.4, -0.2) is 29.1 Å². The fourth-order valence-electron chi connectivity index (χ4n) is 2.65. The van der Waals surface area contributed by atoms with Gasteiger partial charge in [0.2, 0.25) is 5.91 Å². The van der Waals surface area contributed by atoms with Crippen molar-refractivity contribution in [2.45, 2.75) is 32.1 Å². The molecule has 5 nitrogen and oxygen atoms in total. The number of carbonyl (C=O) groups is 1. The number of H-pyrrole nitrogens is 1. The Bertz CT molecular complexity index is 598. The van der Waals surface area contributed by atoms with Gasteiger partial charge in [0.25, 0.3) is 0 Å². The van der Waals surface area contributed by atoms with E-state index in [1.54, 1.807) is 20.2 Å². The van der Waals surface area contributed by atoms with Gasteiger partial charge in [-0.2, -0.15) is 0 Å². The zero-order valence-corrected chi connectivity index (χ0v) is 13.7. The second kappa shape index (κ2) is 7.94. The van der Waals surface area contributed by atoms with Crippen molar-refractivity contribution in [2.75, 3.05) is 7.11 Å². The molecular formula is C18H24N2O3. The van der Waals surface area contributed by atoms with Gasteiger partial charge in [0, 0.05) is 19.5 Å². The number of nitrogens with one attached hydrogen (secondary N) is 2. The zero-order valence-electron chi connectivity index (χ0n) is 13.7. The number of aliphatic hydroxyl groups is 1. The third-order valence-electron chi connectivity index (χ3n) is 4.06. The molecule has 4 atom stereocenters. The van der Waals surface area contributed by atoms with Crippen LogP contribution in [0.4, 0.5) is 0 Å². The van der Waals surface area contributed by atoms with E-state index in [1.165, 1.54) is 0 Å². The van der Waals surface area contributed by atoms with Crippen molar-refractivity contribution in [3.8, 4) is 0 Å². The Labute approximate surface area is 136 Å². The molecule has 0 bridgehead atoms. The molecule has 124 valence electrons. The molecule has 1 aromatic carbocycles. The number of aromatic nitrogens is 1. The van der Waals surface area contributed by atoms with E-state index in [9.17, 15) is 9.90 Å². The Morgan fingerprint density at radius 3 is 2.43 bits per heavy atom. The Kier molecular flexibility index (Phi) is 5.96. The van der Waals surface area contributed by atoms with Crippen LogP contribution in [0.15, 0.2) is 48.8 Å². The predicted molar refractivity (Wildman–Crippen MR) is 88.7 cm³/mol. The van der Waals surface area contributed by atoms with Gasteiger partial charge < -0.3 is 20.1 Å².